The third kappa shape index (κ3) is 4.39. The summed E-state index contributed by atoms with van der Waals surface area (Å²) >= 11 is 0. The van der Waals surface area contributed by atoms with Crippen LogP contribution in [0.5, 0.6) is 11.5 Å². The maximum atomic E-state index is 12.4. The Morgan fingerprint density at radius 3 is 2.38 bits per heavy atom. The van der Waals surface area contributed by atoms with Crippen LogP contribution in [0.4, 0.5) is 5.69 Å². The summed E-state index contributed by atoms with van der Waals surface area (Å²) in [7, 11) is -2.21. The first-order valence-corrected chi connectivity index (χ1v) is 8.49. The second-order valence-electron chi connectivity index (χ2n) is 5.02. The second-order valence-corrected chi connectivity index (χ2v) is 6.70. The highest BCUT2D eigenvalue weighted by Crippen LogP contribution is 2.24. The molecule has 2 aromatic carbocycles. The number of rotatable bonds is 7. The molecule has 24 heavy (non-hydrogen) atoms. The number of carbonyl (C=O) groups excluding carboxylic acids is 1. The van der Waals surface area contributed by atoms with Crippen molar-refractivity contribution in [2.75, 3.05) is 18.4 Å². The number of sulfonamides is 1. The third-order valence-electron chi connectivity index (χ3n) is 3.17. The Labute approximate surface area is 140 Å². The number of hydrogen-bond donors (Lipinski definition) is 2. The van der Waals surface area contributed by atoms with E-state index >= 15 is 0 Å². The highest BCUT2D eigenvalue weighted by molar-refractivity contribution is 7.92. The summed E-state index contributed by atoms with van der Waals surface area (Å²) in [4.78, 5) is 10.8. The number of hydrogen-bond acceptors (Lipinski definition) is 5. The molecule has 0 aromatic heterocycles. The third-order valence-corrected chi connectivity index (χ3v) is 4.55. The Morgan fingerprint density at radius 1 is 1.17 bits per heavy atom. The molecule has 0 aliphatic heterocycles. The fourth-order valence-electron chi connectivity index (χ4n) is 1.97. The maximum absolute atomic E-state index is 12.4. The molecule has 0 atom stereocenters. The molecule has 0 fully saturated rings. The minimum absolute atomic E-state index is 0.0854. The van der Waals surface area contributed by atoms with Gasteiger partial charge in [-0.05, 0) is 55.0 Å². The van der Waals surface area contributed by atoms with E-state index in [2.05, 4.69) is 4.72 Å². The predicted molar refractivity (Wildman–Crippen MR) is 89.7 cm³/mol. The number of amides is 1. The minimum Gasteiger partial charge on any atom is -0.497 e. The fourth-order valence-corrected chi connectivity index (χ4v) is 3.12. The van der Waals surface area contributed by atoms with Crippen molar-refractivity contribution in [3.63, 3.8) is 0 Å². The molecule has 128 valence electrons. The molecule has 0 saturated carbocycles. The lowest BCUT2D eigenvalue weighted by Crippen LogP contribution is -2.20. The summed E-state index contributed by atoms with van der Waals surface area (Å²) in [5.41, 5.74) is 6.01. The number of carbonyl (C=O) groups is 1. The van der Waals surface area contributed by atoms with Crippen LogP contribution in [0, 0.1) is 6.92 Å². The highest BCUT2D eigenvalue weighted by Gasteiger charge is 2.16. The van der Waals surface area contributed by atoms with E-state index in [1.807, 2.05) is 0 Å². The van der Waals surface area contributed by atoms with Gasteiger partial charge in [0.05, 0.1) is 12.0 Å². The summed E-state index contributed by atoms with van der Waals surface area (Å²) in [5, 5.41) is 0. The highest BCUT2D eigenvalue weighted by atomic mass is 32.2. The van der Waals surface area contributed by atoms with Crippen LogP contribution in [0.2, 0.25) is 0 Å². The summed E-state index contributed by atoms with van der Waals surface area (Å²) < 4.78 is 37.6. The molecule has 0 radical (unpaired) electrons. The monoisotopic (exact) mass is 350 g/mol. The normalized spacial score (nSPS) is 10.9. The van der Waals surface area contributed by atoms with Crippen molar-refractivity contribution in [3.05, 3.63) is 48.0 Å². The van der Waals surface area contributed by atoms with Crippen LogP contribution < -0.4 is 19.9 Å². The zero-order valence-corrected chi connectivity index (χ0v) is 14.1. The van der Waals surface area contributed by atoms with E-state index in [1.165, 1.54) is 25.3 Å². The van der Waals surface area contributed by atoms with Crippen LogP contribution >= 0.6 is 0 Å². The van der Waals surface area contributed by atoms with Gasteiger partial charge < -0.3 is 15.2 Å². The summed E-state index contributed by atoms with van der Waals surface area (Å²) in [6, 6.07) is 10.9. The van der Waals surface area contributed by atoms with Crippen LogP contribution in [-0.2, 0) is 14.8 Å². The zero-order chi connectivity index (χ0) is 17.7. The molecule has 1 amide bonds. The van der Waals surface area contributed by atoms with Gasteiger partial charge in [-0.2, -0.15) is 0 Å². The average molecular weight is 350 g/mol. The van der Waals surface area contributed by atoms with Crippen molar-refractivity contribution in [2.24, 2.45) is 5.73 Å². The van der Waals surface area contributed by atoms with Gasteiger partial charge >= 0.3 is 0 Å². The van der Waals surface area contributed by atoms with Crippen LogP contribution in [0.15, 0.2) is 47.4 Å². The molecule has 0 unspecified atom stereocenters. The summed E-state index contributed by atoms with van der Waals surface area (Å²) in [6.07, 6.45) is 0. The molecule has 2 rings (SSSR count). The van der Waals surface area contributed by atoms with Crippen molar-refractivity contribution in [2.45, 2.75) is 11.8 Å². The van der Waals surface area contributed by atoms with Crippen molar-refractivity contribution >= 4 is 21.6 Å². The molecular formula is C16H18N2O5S. The number of primary amides is 1. The standard InChI is InChI=1S/C16H18N2O5S/c1-11-9-14(7-8-15(11)23-10-16(17)19)24(20,21)18-12-3-5-13(22-2)6-4-12/h3-9,18H,10H2,1-2H3,(H2,17,19). The molecule has 8 heteroatoms. The Balaban J connectivity index is 2.19. The van der Waals surface area contributed by atoms with Gasteiger partial charge in [-0.1, -0.05) is 0 Å². The van der Waals surface area contributed by atoms with Gasteiger partial charge in [-0.15, -0.1) is 0 Å². The van der Waals surface area contributed by atoms with Crippen molar-refractivity contribution < 1.29 is 22.7 Å². The van der Waals surface area contributed by atoms with Gasteiger partial charge in [0.1, 0.15) is 11.5 Å². The number of benzene rings is 2. The molecule has 0 aliphatic carbocycles. The van der Waals surface area contributed by atoms with Gasteiger partial charge in [0.2, 0.25) is 0 Å². The molecule has 7 nitrogen and oxygen atoms in total. The first kappa shape index (κ1) is 17.6. The van der Waals surface area contributed by atoms with Crippen LogP contribution in [0.1, 0.15) is 5.56 Å². The minimum atomic E-state index is -3.74. The number of aryl methyl sites for hydroxylation is 1. The molecular weight excluding hydrogens is 332 g/mol. The Hall–Kier alpha value is -2.74. The number of ether oxygens (including phenoxy) is 2. The molecule has 0 bridgehead atoms. The van der Waals surface area contributed by atoms with E-state index < -0.39 is 15.9 Å². The first-order valence-electron chi connectivity index (χ1n) is 7.00. The van der Waals surface area contributed by atoms with E-state index in [1.54, 1.807) is 31.2 Å². The summed E-state index contributed by atoms with van der Waals surface area (Å²) in [5.74, 6) is 0.425. The molecule has 0 spiro atoms. The van der Waals surface area contributed by atoms with Crippen molar-refractivity contribution in [3.8, 4) is 11.5 Å². The van der Waals surface area contributed by atoms with E-state index in [-0.39, 0.29) is 11.5 Å². The van der Waals surface area contributed by atoms with Gasteiger partial charge in [-0.25, -0.2) is 8.42 Å². The number of nitrogens with two attached hydrogens (primary N) is 1. The topological polar surface area (TPSA) is 108 Å². The van der Waals surface area contributed by atoms with E-state index in [4.69, 9.17) is 15.2 Å². The molecule has 0 heterocycles. The molecule has 2 aromatic rings. The SMILES string of the molecule is COc1ccc(NS(=O)(=O)c2ccc(OCC(N)=O)c(C)c2)cc1. The largest absolute Gasteiger partial charge is 0.497 e. The van der Waals surface area contributed by atoms with Crippen molar-refractivity contribution in [1.82, 2.24) is 0 Å². The lowest BCUT2D eigenvalue weighted by Gasteiger charge is -2.12. The maximum Gasteiger partial charge on any atom is 0.261 e. The van der Waals surface area contributed by atoms with Gasteiger partial charge in [0.25, 0.3) is 15.9 Å². The predicted octanol–water partition coefficient (Wildman–Crippen LogP) is 1.67. The quantitative estimate of drug-likeness (QED) is 0.790. The molecule has 3 N–H and O–H groups in total. The average Bonchev–Trinajstić information content (AvgIpc) is 2.54. The number of methoxy groups -OCH3 is 1. The van der Waals surface area contributed by atoms with Gasteiger partial charge in [-0.3, -0.25) is 9.52 Å². The summed E-state index contributed by atoms with van der Waals surface area (Å²) in [6.45, 7) is 1.42. The fraction of sp³-hybridized carbons (Fsp3) is 0.188. The van der Waals surface area contributed by atoms with E-state index in [0.717, 1.165) is 0 Å². The smallest absolute Gasteiger partial charge is 0.261 e. The van der Waals surface area contributed by atoms with Crippen LogP contribution in [-0.4, -0.2) is 28.0 Å². The number of nitrogens with one attached hydrogen (secondary N) is 1. The van der Waals surface area contributed by atoms with E-state index in [9.17, 15) is 13.2 Å². The number of anilines is 1. The molecule has 0 aliphatic rings. The van der Waals surface area contributed by atoms with E-state index in [0.29, 0.717) is 22.7 Å². The first-order chi connectivity index (χ1) is 11.3. The Bertz CT molecular complexity index is 832. The van der Waals surface area contributed by atoms with Gasteiger partial charge in [0.15, 0.2) is 6.61 Å². The Morgan fingerprint density at radius 2 is 1.83 bits per heavy atom. The lowest BCUT2D eigenvalue weighted by atomic mass is 10.2. The van der Waals surface area contributed by atoms with Crippen LogP contribution in [0.3, 0.4) is 0 Å². The zero-order valence-electron chi connectivity index (χ0n) is 13.3. The molecule has 0 saturated heterocycles. The Kier molecular flexibility index (Phi) is 5.30. The lowest BCUT2D eigenvalue weighted by molar-refractivity contribution is -0.119. The van der Waals surface area contributed by atoms with Crippen molar-refractivity contribution in [1.29, 1.82) is 0 Å². The second kappa shape index (κ2) is 7.22. The van der Waals surface area contributed by atoms with Crippen LogP contribution in [0.25, 0.3) is 0 Å². The van der Waals surface area contributed by atoms with Gasteiger partial charge in [0, 0.05) is 5.69 Å².